The van der Waals surface area contributed by atoms with Crippen LogP contribution >= 0.6 is 11.6 Å². The van der Waals surface area contributed by atoms with Gasteiger partial charge in [-0.3, -0.25) is 4.79 Å². The van der Waals surface area contributed by atoms with Crippen molar-refractivity contribution < 1.29 is 9.53 Å². The van der Waals surface area contributed by atoms with Gasteiger partial charge < -0.3 is 14.6 Å². The Labute approximate surface area is 165 Å². The van der Waals surface area contributed by atoms with E-state index in [9.17, 15) is 4.79 Å². The zero-order chi connectivity index (χ0) is 19.4. The first-order valence-corrected chi connectivity index (χ1v) is 9.72. The molecule has 142 valence electrons. The molecule has 1 heterocycles. The normalized spacial score (nSPS) is 12.1. The number of benzene rings is 2. The molecule has 4 nitrogen and oxygen atoms in total. The molecular weight excluding hydrogens is 360 g/mol. The molecule has 1 atom stereocenters. The molecule has 1 unspecified atom stereocenters. The molecule has 0 aliphatic carbocycles. The van der Waals surface area contributed by atoms with Crippen LogP contribution < -0.4 is 10.1 Å². The van der Waals surface area contributed by atoms with Crippen molar-refractivity contribution in [2.24, 2.45) is 0 Å². The number of hydrogen-bond donors (Lipinski definition) is 1. The molecule has 0 radical (unpaired) electrons. The second-order valence-electron chi connectivity index (χ2n) is 6.61. The van der Waals surface area contributed by atoms with Gasteiger partial charge in [-0.1, -0.05) is 42.8 Å². The number of nitrogens with zero attached hydrogens (tertiary/aromatic N) is 1. The molecule has 27 heavy (non-hydrogen) atoms. The number of nitrogens with one attached hydrogen (secondary N) is 1. The predicted molar refractivity (Wildman–Crippen MR) is 111 cm³/mol. The van der Waals surface area contributed by atoms with Crippen LogP contribution in [0.3, 0.4) is 0 Å². The average molecular weight is 385 g/mol. The maximum Gasteiger partial charge on any atom is 0.268 e. The van der Waals surface area contributed by atoms with E-state index in [1.807, 2.05) is 66.9 Å². The summed E-state index contributed by atoms with van der Waals surface area (Å²) in [7, 11) is 0. The van der Waals surface area contributed by atoms with E-state index in [2.05, 4.69) is 12.2 Å². The number of hydrogen-bond acceptors (Lipinski definition) is 2. The first-order chi connectivity index (χ1) is 13.0. The van der Waals surface area contributed by atoms with Crippen molar-refractivity contribution in [1.82, 2.24) is 9.88 Å². The van der Waals surface area contributed by atoms with E-state index in [0.29, 0.717) is 23.9 Å². The Morgan fingerprint density at radius 3 is 2.67 bits per heavy atom. The Balaban J connectivity index is 2.12. The Morgan fingerprint density at radius 2 is 1.96 bits per heavy atom. The molecule has 0 saturated carbocycles. The Kier molecular flexibility index (Phi) is 6.07. The van der Waals surface area contributed by atoms with Crippen LogP contribution in [0, 0.1) is 0 Å². The van der Waals surface area contributed by atoms with Gasteiger partial charge in [0, 0.05) is 23.0 Å². The van der Waals surface area contributed by atoms with Gasteiger partial charge in [0.15, 0.2) is 0 Å². The monoisotopic (exact) mass is 384 g/mol. The van der Waals surface area contributed by atoms with Crippen LogP contribution in [0.4, 0.5) is 0 Å². The number of rotatable bonds is 7. The molecule has 0 spiro atoms. The molecule has 0 saturated heterocycles. The standard InChI is InChI=1S/C22H25ClN2O2/c1-4-15(3)24-22(26)20-13-17-19(11-8-12-21(17)27-5-2)25(20)14-16-9-6-7-10-18(16)23/h6-13,15H,4-5,14H2,1-3H3,(H,24,26). The molecule has 0 fully saturated rings. The second-order valence-corrected chi connectivity index (χ2v) is 7.02. The smallest absolute Gasteiger partial charge is 0.268 e. The van der Waals surface area contributed by atoms with E-state index in [4.69, 9.17) is 16.3 Å². The highest BCUT2D eigenvalue weighted by Crippen LogP contribution is 2.30. The highest BCUT2D eigenvalue weighted by Gasteiger charge is 2.19. The molecular formula is C22H25ClN2O2. The number of carbonyl (C=O) groups excluding carboxylic acids is 1. The van der Waals surface area contributed by atoms with E-state index in [0.717, 1.165) is 28.6 Å². The van der Waals surface area contributed by atoms with Gasteiger partial charge in [-0.05, 0) is 50.1 Å². The quantitative estimate of drug-likeness (QED) is 0.603. The van der Waals surface area contributed by atoms with Crippen LogP contribution in [-0.4, -0.2) is 23.1 Å². The third kappa shape index (κ3) is 4.11. The lowest BCUT2D eigenvalue weighted by Crippen LogP contribution is -2.33. The van der Waals surface area contributed by atoms with Crippen LogP contribution in [0.15, 0.2) is 48.5 Å². The zero-order valence-corrected chi connectivity index (χ0v) is 16.7. The largest absolute Gasteiger partial charge is 0.493 e. The SMILES string of the molecule is CCOc1cccc2c1cc(C(=O)NC(C)CC)n2Cc1ccccc1Cl. The molecule has 0 aliphatic heterocycles. The lowest BCUT2D eigenvalue weighted by Gasteiger charge is -2.15. The van der Waals surface area contributed by atoms with Crippen LogP contribution in [0.1, 0.15) is 43.2 Å². The van der Waals surface area contributed by atoms with Gasteiger partial charge in [0.1, 0.15) is 11.4 Å². The first kappa shape index (κ1) is 19.3. The summed E-state index contributed by atoms with van der Waals surface area (Å²) in [4.78, 5) is 12.9. The molecule has 1 N–H and O–H groups in total. The number of aromatic nitrogens is 1. The van der Waals surface area contributed by atoms with Gasteiger partial charge in [0.2, 0.25) is 0 Å². The number of amides is 1. The predicted octanol–water partition coefficient (Wildman–Crippen LogP) is 5.27. The maximum absolute atomic E-state index is 12.9. The van der Waals surface area contributed by atoms with Crippen molar-refractivity contribution in [2.75, 3.05) is 6.61 Å². The molecule has 0 aliphatic rings. The van der Waals surface area contributed by atoms with Gasteiger partial charge in [-0.25, -0.2) is 0 Å². The van der Waals surface area contributed by atoms with Crippen LogP contribution in [-0.2, 0) is 6.54 Å². The highest BCUT2D eigenvalue weighted by molar-refractivity contribution is 6.31. The molecule has 1 amide bonds. The van der Waals surface area contributed by atoms with E-state index in [-0.39, 0.29) is 11.9 Å². The number of fused-ring (bicyclic) bond motifs is 1. The topological polar surface area (TPSA) is 43.3 Å². The molecule has 2 aromatic carbocycles. The van der Waals surface area contributed by atoms with E-state index in [1.165, 1.54) is 0 Å². The molecule has 3 aromatic rings. The Bertz CT molecular complexity index is 949. The Hall–Kier alpha value is -2.46. The van der Waals surface area contributed by atoms with Gasteiger partial charge in [0.25, 0.3) is 5.91 Å². The third-order valence-corrected chi connectivity index (χ3v) is 5.08. The number of carbonyl (C=O) groups is 1. The highest BCUT2D eigenvalue weighted by atomic mass is 35.5. The van der Waals surface area contributed by atoms with Gasteiger partial charge in [-0.2, -0.15) is 0 Å². The summed E-state index contributed by atoms with van der Waals surface area (Å²) in [6, 6.07) is 15.6. The van der Waals surface area contributed by atoms with Crippen LogP contribution in [0.2, 0.25) is 5.02 Å². The summed E-state index contributed by atoms with van der Waals surface area (Å²) in [5, 5.41) is 4.69. The van der Waals surface area contributed by atoms with Crippen molar-refractivity contribution in [2.45, 2.75) is 39.8 Å². The van der Waals surface area contributed by atoms with Crippen molar-refractivity contribution in [1.29, 1.82) is 0 Å². The Morgan fingerprint density at radius 1 is 1.19 bits per heavy atom. The summed E-state index contributed by atoms with van der Waals surface area (Å²) in [5.41, 5.74) is 2.53. The fourth-order valence-electron chi connectivity index (χ4n) is 3.09. The number of ether oxygens (including phenoxy) is 1. The van der Waals surface area contributed by atoms with Gasteiger partial charge in [0.05, 0.1) is 12.1 Å². The maximum atomic E-state index is 12.9. The molecule has 0 bridgehead atoms. The zero-order valence-electron chi connectivity index (χ0n) is 16.0. The minimum absolute atomic E-state index is 0.0879. The number of halogens is 1. The lowest BCUT2D eigenvalue weighted by molar-refractivity contribution is 0.0931. The summed E-state index contributed by atoms with van der Waals surface area (Å²) in [6.07, 6.45) is 0.876. The fourth-order valence-corrected chi connectivity index (χ4v) is 3.29. The van der Waals surface area contributed by atoms with Crippen molar-refractivity contribution in [3.63, 3.8) is 0 Å². The lowest BCUT2D eigenvalue weighted by atomic mass is 10.2. The summed E-state index contributed by atoms with van der Waals surface area (Å²) < 4.78 is 7.78. The molecule has 1 aromatic heterocycles. The summed E-state index contributed by atoms with van der Waals surface area (Å²) in [6.45, 7) is 7.10. The van der Waals surface area contributed by atoms with E-state index < -0.39 is 0 Å². The summed E-state index contributed by atoms with van der Waals surface area (Å²) >= 11 is 6.37. The van der Waals surface area contributed by atoms with Crippen molar-refractivity contribution >= 4 is 28.4 Å². The van der Waals surface area contributed by atoms with Gasteiger partial charge in [-0.15, -0.1) is 0 Å². The first-order valence-electron chi connectivity index (χ1n) is 9.34. The minimum atomic E-state index is -0.0879. The molecule has 5 heteroatoms. The summed E-state index contributed by atoms with van der Waals surface area (Å²) in [5.74, 6) is 0.695. The van der Waals surface area contributed by atoms with E-state index >= 15 is 0 Å². The van der Waals surface area contributed by atoms with E-state index in [1.54, 1.807) is 0 Å². The minimum Gasteiger partial charge on any atom is -0.493 e. The fraction of sp³-hybridized carbons (Fsp3) is 0.318. The van der Waals surface area contributed by atoms with Gasteiger partial charge >= 0.3 is 0 Å². The van der Waals surface area contributed by atoms with Crippen LogP contribution in [0.5, 0.6) is 5.75 Å². The van der Waals surface area contributed by atoms with Crippen LogP contribution in [0.25, 0.3) is 10.9 Å². The van der Waals surface area contributed by atoms with Crippen molar-refractivity contribution in [3.05, 3.63) is 64.8 Å². The third-order valence-electron chi connectivity index (χ3n) is 4.71. The molecule has 3 rings (SSSR count). The van der Waals surface area contributed by atoms with Crippen molar-refractivity contribution in [3.8, 4) is 5.75 Å². The average Bonchev–Trinajstić information content (AvgIpc) is 3.03. The second kappa shape index (κ2) is 8.49.